The van der Waals surface area contributed by atoms with Crippen LogP contribution in [0.4, 0.5) is 0 Å². The molecule has 0 saturated carbocycles. The van der Waals surface area contributed by atoms with Gasteiger partial charge in [0.25, 0.3) is 0 Å². The lowest BCUT2D eigenvalue weighted by atomic mass is 10.1. The molecule has 0 heterocycles. The molecule has 0 aromatic rings. The average Bonchev–Trinajstić information content (AvgIpc) is 2.75. The van der Waals surface area contributed by atoms with Gasteiger partial charge in [-0.25, -0.2) is 8.37 Å². The molecule has 2 N–H and O–H groups in total. The minimum Gasteiger partial charge on any atom is -0.264 e. The van der Waals surface area contributed by atoms with Gasteiger partial charge in [-0.15, -0.1) is 0 Å². The molecule has 35 heavy (non-hydrogen) atoms. The van der Waals surface area contributed by atoms with Crippen molar-refractivity contribution >= 4 is 34.3 Å². The van der Waals surface area contributed by atoms with Gasteiger partial charge in [-0.2, -0.15) is 30.3 Å². The van der Waals surface area contributed by atoms with Crippen molar-refractivity contribution < 1.29 is 34.3 Å². The summed E-state index contributed by atoms with van der Waals surface area (Å²) < 4.78 is 66.0. The van der Waals surface area contributed by atoms with Gasteiger partial charge in [-0.3, -0.25) is 9.11 Å². The molecule has 0 spiro atoms. The Morgan fingerprint density at radius 3 is 0.829 bits per heavy atom. The van der Waals surface area contributed by atoms with Crippen LogP contribution in [0.1, 0.15) is 142 Å². The predicted octanol–water partition coefficient (Wildman–Crippen LogP) is 7.57. The minimum atomic E-state index is -4.23. The van der Waals surface area contributed by atoms with Crippen LogP contribution < -0.4 is 0 Å². The molecule has 11 heteroatoms. The van der Waals surface area contributed by atoms with Gasteiger partial charge in [0.05, 0.1) is 13.2 Å². The smallest absolute Gasteiger partial charge is 0.264 e. The van der Waals surface area contributed by atoms with Gasteiger partial charge >= 0.3 is 20.8 Å². The van der Waals surface area contributed by atoms with Crippen LogP contribution in [0.2, 0.25) is 0 Å². The van der Waals surface area contributed by atoms with E-state index in [-0.39, 0.29) is 26.7 Å². The topological polar surface area (TPSA) is 127 Å². The molecule has 0 radical (unpaired) electrons. The zero-order valence-electron chi connectivity index (χ0n) is 22.2. The van der Waals surface area contributed by atoms with Gasteiger partial charge in [-0.05, 0) is 12.8 Å². The maximum Gasteiger partial charge on any atom is 0.397 e. The summed E-state index contributed by atoms with van der Waals surface area (Å²) in [6.07, 6.45) is 23.7. The highest BCUT2D eigenvalue weighted by atomic mass is 32.3. The summed E-state index contributed by atoms with van der Waals surface area (Å²) in [5, 5.41) is 0. The molecule has 8 nitrogen and oxygen atoms in total. The van der Waals surface area contributed by atoms with Crippen LogP contribution >= 0.6 is 13.5 Å². The third kappa shape index (κ3) is 44.5. The van der Waals surface area contributed by atoms with Crippen LogP contribution in [0.5, 0.6) is 0 Å². The minimum absolute atomic E-state index is 0. The lowest BCUT2D eigenvalue weighted by Gasteiger charge is -2.02. The average molecular weight is 567 g/mol. The molecule has 0 bridgehead atoms. The number of hydrogen-bond acceptors (Lipinski definition) is 6. The lowest BCUT2D eigenvalue weighted by Crippen LogP contribution is -2.04. The second-order valence-corrected chi connectivity index (χ2v) is 11.0. The van der Waals surface area contributed by atoms with Crippen LogP contribution in [-0.4, -0.2) is 39.2 Å². The Morgan fingerprint density at radius 2 is 0.629 bits per heavy atom. The molecule has 0 aliphatic carbocycles. The summed E-state index contributed by atoms with van der Waals surface area (Å²) in [7, 11) is -8.47. The van der Waals surface area contributed by atoms with Crippen molar-refractivity contribution in [1.82, 2.24) is 0 Å². The maximum atomic E-state index is 10.2. The Kier molecular flexibility index (Phi) is 32.4. The monoisotopic (exact) mass is 566 g/mol. The fraction of sp³-hybridized carbons (Fsp3) is 1.00. The van der Waals surface area contributed by atoms with E-state index in [1.165, 1.54) is 89.9 Å². The van der Waals surface area contributed by atoms with Gasteiger partial charge < -0.3 is 0 Å². The van der Waals surface area contributed by atoms with E-state index >= 15 is 0 Å². The molecular weight excluding hydrogens is 512 g/mol. The highest BCUT2D eigenvalue weighted by Gasteiger charge is 2.03. The first kappa shape index (κ1) is 39.6. The van der Waals surface area contributed by atoms with Crippen LogP contribution in [-0.2, 0) is 29.2 Å². The first-order valence-corrected chi connectivity index (χ1v) is 16.1. The largest absolute Gasteiger partial charge is 0.397 e. The van der Waals surface area contributed by atoms with E-state index in [4.69, 9.17) is 9.11 Å². The van der Waals surface area contributed by atoms with Crippen molar-refractivity contribution in [2.45, 2.75) is 142 Å². The normalized spacial score (nSPS) is 11.5. The first-order valence-electron chi connectivity index (χ1n) is 13.4. The van der Waals surface area contributed by atoms with Crippen molar-refractivity contribution in [2.24, 2.45) is 0 Å². The summed E-state index contributed by atoms with van der Waals surface area (Å²) in [5.41, 5.74) is 0. The molecule has 0 aromatic carbocycles. The predicted molar refractivity (Wildman–Crippen MR) is 149 cm³/mol. The van der Waals surface area contributed by atoms with Crippen molar-refractivity contribution in [2.75, 3.05) is 13.2 Å². The van der Waals surface area contributed by atoms with Crippen LogP contribution in [0, 0.1) is 0 Å². The molecule has 0 atom stereocenters. The molecule has 216 valence electrons. The van der Waals surface area contributed by atoms with Crippen LogP contribution in [0.25, 0.3) is 0 Å². The third-order valence-electron chi connectivity index (χ3n) is 5.46. The van der Waals surface area contributed by atoms with E-state index in [1.807, 2.05) is 0 Å². The van der Waals surface area contributed by atoms with E-state index < -0.39 is 20.8 Å². The van der Waals surface area contributed by atoms with Crippen LogP contribution in [0.3, 0.4) is 0 Å². The highest BCUT2D eigenvalue weighted by molar-refractivity contribution is 7.81. The van der Waals surface area contributed by atoms with Crippen molar-refractivity contribution in [3.05, 3.63) is 0 Å². The Bertz CT molecular complexity index is 556. The Balaban J connectivity index is -0.000000569. The molecule has 0 unspecified atom stereocenters. The molecule has 0 amide bonds. The van der Waals surface area contributed by atoms with E-state index in [9.17, 15) is 16.8 Å². The molecule has 0 saturated heterocycles. The molecule has 0 fully saturated rings. The second-order valence-electron chi connectivity index (χ2n) is 8.86. The van der Waals surface area contributed by atoms with Crippen molar-refractivity contribution in [3.8, 4) is 0 Å². The van der Waals surface area contributed by atoms with E-state index in [0.717, 1.165) is 25.7 Å². The second kappa shape index (κ2) is 28.7. The third-order valence-corrected chi connectivity index (χ3v) is 6.39. The number of hydrogen-bond donors (Lipinski definition) is 2. The summed E-state index contributed by atoms with van der Waals surface area (Å²) in [4.78, 5) is 0. The van der Waals surface area contributed by atoms with E-state index in [1.54, 1.807) is 0 Å². The standard InChI is InChI=1S/2C12H26O4S.H2S/c2*1-2-3-4-5-6-7-8-9-10-11-12-16-17(13,14)15;/h2*2-12H2,1H3,(H,13,14,15);1H2. The lowest BCUT2D eigenvalue weighted by molar-refractivity contribution is 0.260. The quantitative estimate of drug-likeness (QED) is 0.0904. The van der Waals surface area contributed by atoms with E-state index in [2.05, 4.69) is 22.2 Å². The van der Waals surface area contributed by atoms with Gasteiger partial charge in [0.15, 0.2) is 0 Å². The van der Waals surface area contributed by atoms with Gasteiger partial charge in [0.2, 0.25) is 0 Å². The Morgan fingerprint density at radius 1 is 0.429 bits per heavy atom. The van der Waals surface area contributed by atoms with Gasteiger partial charge in [0.1, 0.15) is 0 Å². The number of rotatable bonds is 24. The SMILES string of the molecule is CCCCCCCCCCCCOS(=O)(=O)O.CCCCCCCCCCCCOS(=O)(=O)O.S. The summed E-state index contributed by atoms with van der Waals surface area (Å²) in [6, 6.07) is 0. The molecular formula is C24H54O8S3. The Labute approximate surface area is 223 Å². The summed E-state index contributed by atoms with van der Waals surface area (Å²) in [6.45, 7) is 4.62. The zero-order chi connectivity index (χ0) is 26.0. The summed E-state index contributed by atoms with van der Waals surface area (Å²) in [5.74, 6) is 0. The van der Waals surface area contributed by atoms with Crippen molar-refractivity contribution in [1.29, 1.82) is 0 Å². The van der Waals surface area contributed by atoms with E-state index in [0.29, 0.717) is 12.8 Å². The Hall–Kier alpha value is 0.0900. The molecule has 0 rings (SSSR count). The zero-order valence-corrected chi connectivity index (χ0v) is 24.8. The first-order chi connectivity index (χ1) is 16.1. The van der Waals surface area contributed by atoms with Gasteiger partial charge in [0, 0.05) is 0 Å². The number of unbranched alkanes of at least 4 members (excludes halogenated alkanes) is 18. The summed E-state index contributed by atoms with van der Waals surface area (Å²) >= 11 is 0. The van der Waals surface area contributed by atoms with Gasteiger partial charge in [-0.1, -0.05) is 129 Å². The maximum absolute atomic E-state index is 10.2. The molecule has 0 aliphatic rings. The van der Waals surface area contributed by atoms with Crippen LogP contribution in [0.15, 0.2) is 0 Å². The molecule has 0 aromatic heterocycles. The molecule has 0 aliphatic heterocycles. The fourth-order valence-corrected chi connectivity index (χ4v) is 4.16. The fourth-order valence-electron chi connectivity index (χ4n) is 3.51. The highest BCUT2D eigenvalue weighted by Crippen LogP contribution is 2.11. The van der Waals surface area contributed by atoms with Crippen molar-refractivity contribution in [3.63, 3.8) is 0 Å².